The Bertz CT molecular complexity index is 361. The van der Waals surface area contributed by atoms with E-state index < -0.39 is 0 Å². The Morgan fingerprint density at radius 3 is 2.83 bits per heavy atom. The Hall–Kier alpha value is -0.930. The van der Waals surface area contributed by atoms with Crippen LogP contribution < -0.4 is 5.73 Å². The maximum atomic E-state index is 5.58. The monoisotopic (exact) mass is 247 g/mol. The van der Waals surface area contributed by atoms with Crippen LogP contribution >= 0.6 is 0 Å². The van der Waals surface area contributed by atoms with E-state index in [1.54, 1.807) is 0 Å². The molecule has 2 atom stereocenters. The third-order valence-corrected chi connectivity index (χ3v) is 4.07. The second kappa shape index (κ2) is 6.30. The summed E-state index contributed by atoms with van der Waals surface area (Å²) in [4.78, 5) is 6.94. The molecule has 1 fully saturated rings. The molecule has 3 nitrogen and oxygen atoms in total. The molecule has 1 heterocycles. The third kappa shape index (κ3) is 3.53. The first-order valence-electron chi connectivity index (χ1n) is 7.03. The molecule has 0 radical (unpaired) electrons. The largest absolute Gasteiger partial charge is 0.326 e. The quantitative estimate of drug-likeness (QED) is 0.889. The molecule has 2 rings (SSSR count). The molecule has 1 aliphatic carbocycles. The highest BCUT2D eigenvalue weighted by Crippen LogP contribution is 2.27. The van der Waals surface area contributed by atoms with E-state index in [9.17, 15) is 0 Å². The smallest absolute Gasteiger partial charge is 0.0544 e. The van der Waals surface area contributed by atoms with Crippen LogP contribution in [0.25, 0.3) is 0 Å². The van der Waals surface area contributed by atoms with Crippen molar-refractivity contribution in [2.24, 2.45) is 11.7 Å². The summed E-state index contributed by atoms with van der Waals surface area (Å²) in [6.45, 7) is 3.89. The van der Waals surface area contributed by atoms with Crippen LogP contribution in [-0.4, -0.2) is 23.0 Å². The maximum Gasteiger partial charge on any atom is 0.0544 e. The van der Waals surface area contributed by atoms with Crippen LogP contribution in [-0.2, 0) is 13.1 Å². The maximum absolute atomic E-state index is 5.58. The Morgan fingerprint density at radius 1 is 1.39 bits per heavy atom. The fraction of sp³-hybridized carbons (Fsp3) is 0.667. The lowest BCUT2D eigenvalue weighted by Crippen LogP contribution is -2.35. The van der Waals surface area contributed by atoms with Gasteiger partial charge < -0.3 is 5.73 Å². The molecule has 0 bridgehead atoms. The van der Waals surface area contributed by atoms with Crippen LogP contribution in [0.1, 0.15) is 43.9 Å². The molecule has 0 aliphatic heterocycles. The molecule has 1 saturated carbocycles. The van der Waals surface area contributed by atoms with Gasteiger partial charge in [0.1, 0.15) is 0 Å². The summed E-state index contributed by atoms with van der Waals surface area (Å²) < 4.78 is 0. The number of pyridine rings is 1. The number of aromatic nitrogens is 1. The van der Waals surface area contributed by atoms with E-state index in [0.717, 1.165) is 29.8 Å². The summed E-state index contributed by atoms with van der Waals surface area (Å²) in [5, 5.41) is 0. The van der Waals surface area contributed by atoms with E-state index in [1.165, 1.54) is 25.7 Å². The number of hydrogen-bond acceptors (Lipinski definition) is 3. The van der Waals surface area contributed by atoms with Gasteiger partial charge in [0.05, 0.1) is 5.69 Å². The molecular formula is C15H25N3. The molecular weight excluding hydrogens is 222 g/mol. The van der Waals surface area contributed by atoms with Crippen molar-refractivity contribution in [3.8, 4) is 0 Å². The van der Waals surface area contributed by atoms with Crippen molar-refractivity contribution < 1.29 is 0 Å². The average Bonchev–Trinajstić information content (AvgIpc) is 2.39. The van der Waals surface area contributed by atoms with Crippen LogP contribution in [0.4, 0.5) is 0 Å². The van der Waals surface area contributed by atoms with Crippen molar-refractivity contribution in [3.05, 3.63) is 29.6 Å². The summed E-state index contributed by atoms with van der Waals surface area (Å²) >= 11 is 0. The summed E-state index contributed by atoms with van der Waals surface area (Å²) in [6, 6.07) is 4.91. The molecule has 0 spiro atoms. The van der Waals surface area contributed by atoms with Crippen LogP contribution in [0.3, 0.4) is 0 Å². The summed E-state index contributed by atoms with van der Waals surface area (Å²) in [5.41, 5.74) is 7.83. The van der Waals surface area contributed by atoms with E-state index >= 15 is 0 Å². The first kappa shape index (κ1) is 13.5. The average molecular weight is 247 g/mol. The van der Waals surface area contributed by atoms with Gasteiger partial charge in [-0.25, -0.2) is 0 Å². The lowest BCUT2D eigenvalue weighted by Gasteiger charge is -2.34. The topological polar surface area (TPSA) is 42.1 Å². The van der Waals surface area contributed by atoms with E-state index in [2.05, 4.69) is 36.0 Å². The second-order valence-corrected chi connectivity index (χ2v) is 5.70. The highest BCUT2D eigenvalue weighted by atomic mass is 15.1. The molecule has 18 heavy (non-hydrogen) atoms. The Labute approximate surface area is 110 Å². The fourth-order valence-electron chi connectivity index (χ4n) is 2.86. The van der Waals surface area contributed by atoms with E-state index in [0.29, 0.717) is 6.54 Å². The number of hydrogen-bond donors (Lipinski definition) is 1. The first-order chi connectivity index (χ1) is 8.69. The van der Waals surface area contributed by atoms with Crippen LogP contribution in [0, 0.1) is 5.92 Å². The van der Waals surface area contributed by atoms with Gasteiger partial charge in [-0.1, -0.05) is 25.8 Å². The minimum absolute atomic E-state index is 0.573. The van der Waals surface area contributed by atoms with Gasteiger partial charge in [0.2, 0.25) is 0 Å². The van der Waals surface area contributed by atoms with Gasteiger partial charge in [-0.3, -0.25) is 9.88 Å². The molecule has 0 amide bonds. The summed E-state index contributed by atoms with van der Waals surface area (Å²) in [6.07, 6.45) is 7.33. The fourth-order valence-corrected chi connectivity index (χ4v) is 2.86. The van der Waals surface area contributed by atoms with E-state index in [4.69, 9.17) is 5.73 Å². The zero-order valence-electron chi connectivity index (χ0n) is 11.6. The van der Waals surface area contributed by atoms with E-state index in [-0.39, 0.29) is 0 Å². The second-order valence-electron chi connectivity index (χ2n) is 5.70. The lowest BCUT2D eigenvalue weighted by molar-refractivity contribution is 0.156. The molecule has 0 saturated heterocycles. The summed E-state index contributed by atoms with van der Waals surface area (Å²) in [5.74, 6) is 0.874. The van der Waals surface area contributed by atoms with Crippen LogP contribution in [0.15, 0.2) is 18.3 Å². The number of rotatable bonds is 4. The predicted octanol–water partition coefficient (Wildman–Crippen LogP) is 2.55. The normalized spacial score (nSPS) is 24.4. The summed E-state index contributed by atoms with van der Waals surface area (Å²) in [7, 11) is 2.22. The zero-order chi connectivity index (χ0) is 13.0. The molecule has 1 aliphatic rings. The van der Waals surface area contributed by atoms with Gasteiger partial charge in [-0.05, 0) is 37.4 Å². The number of nitrogens with zero attached hydrogens (tertiary/aromatic N) is 2. The van der Waals surface area contributed by atoms with Gasteiger partial charge in [0, 0.05) is 25.3 Å². The minimum Gasteiger partial charge on any atom is -0.326 e. The van der Waals surface area contributed by atoms with E-state index in [1.807, 2.05) is 6.20 Å². The molecule has 3 heteroatoms. The lowest BCUT2D eigenvalue weighted by atomic mass is 9.86. The minimum atomic E-state index is 0.573. The molecule has 1 aromatic heterocycles. The molecule has 100 valence electrons. The Balaban J connectivity index is 1.91. The zero-order valence-corrected chi connectivity index (χ0v) is 11.6. The van der Waals surface area contributed by atoms with Crippen molar-refractivity contribution in [2.75, 3.05) is 7.05 Å². The van der Waals surface area contributed by atoms with Gasteiger partial charge in [0.25, 0.3) is 0 Å². The Kier molecular flexibility index (Phi) is 4.72. The van der Waals surface area contributed by atoms with Gasteiger partial charge in [-0.2, -0.15) is 0 Å². The molecule has 0 aromatic carbocycles. The van der Waals surface area contributed by atoms with Crippen molar-refractivity contribution in [3.63, 3.8) is 0 Å². The van der Waals surface area contributed by atoms with Gasteiger partial charge >= 0.3 is 0 Å². The highest BCUT2D eigenvalue weighted by Gasteiger charge is 2.22. The molecule has 2 N–H and O–H groups in total. The van der Waals surface area contributed by atoms with Crippen molar-refractivity contribution in [1.82, 2.24) is 9.88 Å². The van der Waals surface area contributed by atoms with Crippen LogP contribution in [0.2, 0.25) is 0 Å². The Morgan fingerprint density at radius 2 is 2.22 bits per heavy atom. The third-order valence-electron chi connectivity index (χ3n) is 4.07. The predicted molar refractivity (Wildman–Crippen MR) is 75.0 cm³/mol. The SMILES string of the molecule is CC1CCCC(N(C)Cc2ccc(CN)cn2)C1. The highest BCUT2D eigenvalue weighted by molar-refractivity contribution is 5.13. The van der Waals surface area contributed by atoms with Crippen molar-refractivity contribution in [1.29, 1.82) is 0 Å². The van der Waals surface area contributed by atoms with Gasteiger partial charge in [0.15, 0.2) is 0 Å². The molecule has 1 aromatic rings. The van der Waals surface area contributed by atoms with Crippen LogP contribution in [0.5, 0.6) is 0 Å². The number of nitrogens with two attached hydrogens (primary N) is 1. The molecule has 2 unspecified atom stereocenters. The van der Waals surface area contributed by atoms with Gasteiger partial charge in [-0.15, -0.1) is 0 Å². The standard InChI is InChI=1S/C15H25N3/c1-12-4-3-5-15(8-12)18(2)11-14-7-6-13(9-16)10-17-14/h6-7,10,12,15H,3-5,8-9,11,16H2,1-2H3. The first-order valence-corrected chi connectivity index (χ1v) is 7.03. The van der Waals surface area contributed by atoms with Crippen molar-refractivity contribution >= 4 is 0 Å². The van der Waals surface area contributed by atoms with Crippen molar-refractivity contribution in [2.45, 2.75) is 51.7 Å².